The maximum atomic E-state index is 12.2. The number of ether oxygens (including phenoxy) is 3. The van der Waals surface area contributed by atoms with E-state index < -0.39 is 12.1 Å². The van der Waals surface area contributed by atoms with E-state index in [9.17, 15) is 9.59 Å². The first-order valence-electron chi connectivity index (χ1n) is 9.91. The number of aromatic nitrogens is 1. The van der Waals surface area contributed by atoms with Crippen LogP contribution in [0.5, 0.6) is 0 Å². The lowest BCUT2D eigenvalue weighted by Gasteiger charge is -2.37. The van der Waals surface area contributed by atoms with Crippen LogP contribution in [0.1, 0.15) is 35.2 Å². The predicted molar refractivity (Wildman–Crippen MR) is 108 cm³/mol. The Kier molecular flexibility index (Phi) is 7.29. The molecule has 9 nitrogen and oxygen atoms in total. The first kappa shape index (κ1) is 21.6. The van der Waals surface area contributed by atoms with E-state index >= 15 is 0 Å². The van der Waals surface area contributed by atoms with Gasteiger partial charge in [-0.25, -0.2) is 9.59 Å². The average molecular weight is 417 g/mol. The van der Waals surface area contributed by atoms with E-state index in [1.807, 2.05) is 35.2 Å². The number of benzene rings is 1. The zero-order valence-electron chi connectivity index (χ0n) is 17.4. The number of alkyl carbamates (subject to hydrolysis) is 1. The van der Waals surface area contributed by atoms with Gasteiger partial charge in [-0.15, -0.1) is 0 Å². The Labute approximate surface area is 175 Å². The monoisotopic (exact) mass is 417 g/mol. The van der Waals surface area contributed by atoms with Crippen molar-refractivity contribution >= 4 is 18.1 Å². The van der Waals surface area contributed by atoms with Crippen LogP contribution in [0.15, 0.2) is 34.7 Å². The third kappa shape index (κ3) is 5.29. The average Bonchev–Trinajstić information content (AvgIpc) is 3.15. The number of oxazole rings is 1. The van der Waals surface area contributed by atoms with Crippen molar-refractivity contribution in [3.63, 3.8) is 0 Å². The third-order valence-corrected chi connectivity index (χ3v) is 4.90. The van der Waals surface area contributed by atoms with Crippen LogP contribution in [0.2, 0.25) is 0 Å². The van der Waals surface area contributed by atoms with Crippen LogP contribution in [0.25, 0.3) is 0 Å². The number of rotatable bonds is 7. The van der Waals surface area contributed by atoms with Crippen molar-refractivity contribution in [2.24, 2.45) is 0 Å². The predicted octanol–water partition coefficient (Wildman–Crippen LogP) is 2.68. The summed E-state index contributed by atoms with van der Waals surface area (Å²) in [4.78, 5) is 30.3. The van der Waals surface area contributed by atoms with Gasteiger partial charge in [-0.3, -0.25) is 0 Å². The summed E-state index contributed by atoms with van der Waals surface area (Å²) in [7, 11) is 1.59. The highest BCUT2D eigenvalue weighted by atomic mass is 16.5. The number of amides is 1. The molecule has 0 saturated carbocycles. The second-order valence-electron chi connectivity index (χ2n) is 6.94. The molecule has 9 heteroatoms. The molecule has 0 radical (unpaired) electrons. The lowest BCUT2D eigenvalue weighted by molar-refractivity contribution is 0.0517. The molecule has 1 N–H and O–H groups in total. The van der Waals surface area contributed by atoms with Crippen LogP contribution in [0.4, 0.5) is 10.8 Å². The van der Waals surface area contributed by atoms with Gasteiger partial charge in [-0.05, 0) is 25.8 Å². The molecule has 0 bridgehead atoms. The van der Waals surface area contributed by atoms with E-state index in [-0.39, 0.29) is 31.1 Å². The van der Waals surface area contributed by atoms with Gasteiger partial charge in [0.05, 0.1) is 25.3 Å². The number of nitrogens with one attached hydrogen (secondary N) is 1. The van der Waals surface area contributed by atoms with Crippen molar-refractivity contribution in [1.82, 2.24) is 10.3 Å². The number of nitrogens with zero attached hydrogens (tertiary/aromatic N) is 2. The molecular weight excluding hydrogens is 390 g/mol. The van der Waals surface area contributed by atoms with E-state index in [4.69, 9.17) is 18.6 Å². The van der Waals surface area contributed by atoms with Crippen LogP contribution in [-0.2, 0) is 20.8 Å². The first-order valence-corrected chi connectivity index (χ1v) is 9.91. The molecule has 1 aliphatic heterocycles. The Hall–Kier alpha value is -3.07. The molecule has 1 aliphatic rings. The van der Waals surface area contributed by atoms with E-state index in [1.54, 1.807) is 21.0 Å². The van der Waals surface area contributed by atoms with Crippen molar-refractivity contribution in [2.45, 2.75) is 39.0 Å². The number of esters is 1. The normalized spacial score (nSPS) is 18.7. The lowest BCUT2D eigenvalue weighted by atomic mass is 10.0. The Morgan fingerprint density at radius 2 is 2.03 bits per heavy atom. The van der Waals surface area contributed by atoms with E-state index in [0.29, 0.717) is 31.3 Å². The second kappa shape index (κ2) is 10.1. The molecular formula is C21H27N3O6. The van der Waals surface area contributed by atoms with Crippen LogP contribution >= 0.6 is 0 Å². The highest BCUT2D eigenvalue weighted by Gasteiger charge is 2.33. The maximum absolute atomic E-state index is 12.2. The number of anilines is 1. The Bertz CT molecular complexity index is 854. The van der Waals surface area contributed by atoms with Gasteiger partial charge in [0.15, 0.2) is 5.69 Å². The summed E-state index contributed by atoms with van der Waals surface area (Å²) in [5.74, 6) is -0.104. The van der Waals surface area contributed by atoms with Gasteiger partial charge in [0.1, 0.15) is 12.4 Å². The highest BCUT2D eigenvalue weighted by Crippen LogP contribution is 2.24. The number of methoxy groups -OCH3 is 1. The third-order valence-electron chi connectivity index (χ3n) is 4.90. The minimum atomic E-state index is -0.508. The quantitative estimate of drug-likeness (QED) is 0.686. The van der Waals surface area contributed by atoms with Crippen LogP contribution in [0.3, 0.4) is 0 Å². The standard InChI is InChI=1S/C21H27N3O6/c1-4-28-19(25)18-14(2)30-20(23-18)24-11-10-16(17(12-24)27-3)22-21(26)29-13-15-8-6-5-7-9-15/h5-9,16-17H,4,10-13H2,1-3H3,(H,22,26). The molecule has 0 aliphatic carbocycles. The van der Waals surface area contributed by atoms with E-state index in [2.05, 4.69) is 10.3 Å². The summed E-state index contributed by atoms with van der Waals surface area (Å²) in [6, 6.07) is 9.61. The van der Waals surface area contributed by atoms with Crippen molar-refractivity contribution in [2.75, 3.05) is 31.7 Å². The molecule has 0 spiro atoms. The number of hydrogen-bond acceptors (Lipinski definition) is 8. The number of carbonyl (C=O) groups is 2. The van der Waals surface area contributed by atoms with Gasteiger partial charge < -0.3 is 28.8 Å². The zero-order valence-corrected chi connectivity index (χ0v) is 17.4. The summed E-state index contributed by atoms with van der Waals surface area (Å²) in [6.07, 6.45) is -0.174. The molecule has 2 unspecified atom stereocenters. The molecule has 30 heavy (non-hydrogen) atoms. The molecule has 2 aromatic rings. The molecule has 162 valence electrons. The Morgan fingerprint density at radius 3 is 2.73 bits per heavy atom. The van der Waals surface area contributed by atoms with Crippen LogP contribution < -0.4 is 10.2 Å². The summed E-state index contributed by atoms with van der Waals surface area (Å²) in [5, 5.41) is 2.88. The fraction of sp³-hybridized carbons (Fsp3) is 0.476. The molecule has 2 atom stereocenters. The summed E-state index contributed by atoms with van der Waals surface area (Å²) in [6.45, 7) is 4.90. The number of piperidine rings is 1. The topological polar surface area (TPSA) is 103 Å². The van der Waals surface area contributed by atoms with Crippen molar-refractivity contribution in [3.8, 4) is 0 Å². The van der Waals surface area contributed by atoms with Crippen molar-refractivity contribution < 1.29 is 28.2 Å². The van der Waals surface area contributed by atoms with E-state index in [0.717, 1.165) is 5.56 Å². The zero-order chi connectivity index (χ0) is 21.5. The Morgan fingerprint density at radius 1 is 1.27 bits per heavy atom. The van der Waals surface area contributed by atoms with Gasteiger partial charge in [0.2, 0.25) is 0 Å². The first-order chi connectivity index (χ1) is 14.5. The van der Waals surface area contributed by atoms with E-state index in [1.165, 1.54) is 0 Å². The van der Waals surface area contributed by atoms with Crippen LogP contribution in [-0.4, -0.2) is 56.0 Å². The summed E-state index contributed by atoms with van der Waals surface area (Å²) >= 11 is 0. The SMILES string of the molecule is CCOC(=O)c1nc(N2CCC(NC(=O)OCc3ccccc3)C(OC)C2)oc1C. The van der Waals surface area contributed by atoms with Crippen molar-refractivity contribution in [1.29, 1.82) is 0 Å². The van der Waals surface area contributed by atoms with Gasteiger partial charge in [-0.1, -0.05) is 30.3 Å². The van der Waals surface area contributed by atoms with Gasteiger partial charge in [0, 0.05) is 13.7 Å². The smallest absolute Gasteiger partial charge is 0.407 e. The lowest BCUT2D eigenvalue weighted by Crippen LogP contribution is -2.55. The number of aryl methyl sites for hydroxylation is 1. The molecule has 2 heterocycles. The van der Waals surface area contributed by atoms with Crippen molar-refractivity contribution in [3.05, 3.63) is 47.3 Å². The fourth-order valence-electron chi connectivity index (χ4n) is 3.32. The number of carbonyl (C=O) groups excluding carboxylic acids is 2. The number of hydrogen-bond donors (Lipinski definition) is 1. The Balaban J connectivity index is 1.56. The van der Waals surface area contributed by atoms with Gasteiger partial charge >= 0.3 is 12.1 Å². The summed E-state index contributed by atoms with van der Waals surface area (Å²) < 4.78 is 21.5. The summed E-state index contributed by atoms with van der Waals surface area (Å²) in [5.41, 5.74) is 1.09. The minimum absolute atomic E-state index is 0.172. The highest BCUT2D eigenvalue weighted by molar-refractivity contribution is 5.88. The molecule has 1 amide bonds. The largest absolute Gasteiger partial charge is 0.461 e. The maximum Gasteiger partial charge on any atom is 0.407 e. The fourth-order valence-corrected chi connectivity index (χ4v) is 3.32. The van der Waals surface area contributed by atoms with Crippen LogP contribution in [0, 0.1) is 6.92 Å². The van der Waals surface area contributed by atoms with Gasteiger partial charge in [0.25, 0.3) is 6.01 Å². The molecule has 1 saturated heterocycles. The molecule has 3 rings (SSSR count). The van der Waals surface area contributed by atoms with Gasteiger partial charge in [-0.2, -0.15) is 4.98 Å². The molecule has 1 aromatic heterocycles. The molecule has 1 fully saturated rings. The second-order valence-corrected chi connectivity index (χ2v) is 6.94. The minimum Gasteiger partial charge on any atom is -0.461 e. The molecule has 1 aromatic carbocycles.